The zero-order valence-electron chi connectivity index (χ0n) is 12.6. The van der Waals surface area contributed by atoms with Gasteiger partial charge in [-0.25, -0.2) is 14.2 Å². The summed E-state index contributed by atoms with van der Waals surface area (Å²) in [5, 5.41) is 2.20. The number of esters is 1. The number of fused-ring (bicyclic) bond motifs is 1. The standard InChI is InChI=1S/C20H12FNO2/c21-17-7-3-6-16(12-17)19-22-18(20(23)24-19)11-13-8-9-14-4-1-2-5-15(14)10-13/h1-12H/b18-11-. The van der Waals surface area contributed by atoms with Crippen molar-refractivity contribution in [3.8, 4) is 0 Å². The summed E-state index contributed by atoms with van der Waals surface area (Å²) in [6.45, 7) is 0. The second-order valence-corrected chi connectivity index (χ2v) is 5.45. The molecule has 3 aromatic rings. The normalized spacial score (nSPS) is 15.6. The monoisotopic (exact) mass is 317 g/mol. The Bertz CT molecular complexity index is 1020. The molecular weight excluding hydrogens is 305 g/mol. The van der Waals surface area contributed by atoms with Crippen molar-refractivity contribution < 1.29 is 13.9 Å². The highest BCUT2D eigenvalue weighted by molar-refractivity contribution is 6.13. The summed E-state index contributed by atoms with van der Waals surface area (Å²) < 4.78 is 18.5. The molecule has 4 heteroatoms. The average Bonchev–Trinajstić information content (AvgIpc) is 2.96. The lowest BCUT2D eigenvalue weighted by Crippen LogP contribution is -2.05. The molecule has 0 saturated carbocycles. The first kappa shape index (κ1) is 14.3. The largest absolute Gasteiger partial charge is 0.402 e. The zero-order chi connectivity index (χ0) is 16.5. The number of benzene rings is 3. The fraction of sp³-hybridized carbons (Fsp3) is 0. The number of hydrogen-bond donors (Lipinski definition) is 0. The van der Waals surface area contributed by atoms with Gasteiger partial charge in [-0.3, -0.25) is 0 Å². The van der Waals surface area contributed by atoms with Crippen LogP contribution in [0.1, 0.15) is 11.1 Å². The van der Waals surface area contributed by atoms with Crippen LogP contribution in [0.15, 0.2) is 77.4 Å². The number of aliphatic imine (C=N–C) groups is 1. The minimum absolute atomic E-state index is 0.117. The third-order valence-electron chi connectivity index (χ3n) is 3.77. The molecule has 3 nitrogen and oxygen atoms in total. The molecule has 0 amide bonds. The van der Waals surface area contributed by atoms with Crippen LogP contribution in [0.3, 0.4) is 0 Å². The number of hydrogen-bond acceptors (Lipinski definition) is 3. The molecule has 4 rings (SSSR count). The van der Waals surface area contributed by atoms with Gasteiger partial charge in [0.05, 0.1) is 0 Å². The summed E-state index contributed by atoms with van der Waals surface area (Å²) in [5.74, 6) is -0.827. The Labute approximate surface area is 137 Å². The average molecular weight is 317 g/mol. The summed E-state index contributed by atoms with van der Waals surface area (Å²) in [6.07, 6.45) is 1.67. The molecule has 0 bridgehead atoms. The predicted molar refractivity (Wildman–Crippen MR) is 91.0 cm³/mol. The maximum absolute atomic E-state index is 13.3. The fourth-order valence-corrected chi connectivity index (χ4v) is 2.61. The highest BCUT2D eigenvalue weighted by atomic mass is 19.1. The van der Waals surface area contributed by atoms with Crippen molar-refractivity contribution in [2.45, 2.75) is 0 Å². The third-order valence-corrected chi connectivity index (χ3v) is 3.77. The van der Waals surface area contributed by atoms with Crippen LogP contribution < -0.4 is 0 Å². The van der Waals surface area contributed by atoms with Crippen LogP contribution in [0.2, 0.25) is 0 Å². The predicted octanol–water partition coefficient (Wildman–Crippen LogP) is 4.32. The highest BCUT2D eigenvalue weighted by Crippen LogP contribution is 2.22. The van der Waals surface area contributed by atoms with Gasteiger partial charge in [-0.05, 0) is 46.7 Å². The van der Waals surface area contributed by atoms with Crippen molar-refractivity contribution in [3.63, 3.8) is 0 Å². The van der Waals surface area contributed by atoms with Gasteiger partial charge in [0.2, 0.25) is 5.90 Å². The second-order valence-electron chi connectivity index (χ2n) is 5.45. The Balaban J connectivity index is 1.71. The highest BCUT2D eigenvalue weighted by Gasteiger charge is 2.24. The van der Waals surface area contributed by atoms with Gasteiger partial charge in [0.1, 0.15) is 5.82 Å². The lowest BCUT2D eigenvalue weighted by Gasteiger charge is -1.99. The molecule has 3 aromatic carbocycles. The van der Waals surface area contributed by atoms with Crippen LogP contribution in [0.5, 0.6) is 0 Å². The van der Waals surface area contributed by atoms with Crippen LogP contribution in [0, 0.1) is 5.82 Å². The van der Waals surface area contributed by atoms with Gasteiger partial charge in [-0.15, -0.1) is 0 Å². The molecular formula is C20H12FNO2. The molecule has 0 unspecified atom stereocenters. The Morgan fingerprint density at radius 2 is 1.75 bits per heavy atom. The molecule has 24 heavy (non-hydrogen) atoms. The third kappa shape index (κ3) is 2.70. The first-order chi connectivity index (χ1) is 11.7. The molecule has 0 aliphatic carbocycles. The van der Waals surface area contributed by atoms with Crippen molar-refractivity contribution in [1.29, 1.82) is 0 Å². The number of cyclic esters (lactones) is 1. The van der Waals surface area contributed by atoms with Gasteiger partial charge in [-0.2, -0.15) is 0 Å². The van der Waals surface area contributed by atoms with E-state index in [-0.39, 0.29) is 11.6 Å². The van der Waals surface area contributed by atoms with Gasteiger partial charge in [0.15, 0.2) is 5.70 Å². The molecule has 1 heterocycles. The lowest BCUT2D eigenvalue weighted by atomic mass is 10.1. The number of nitrogens with zero attached hydrogens (tertiary/aromatic N) is 1. The zero-order valence-corrected chi connectivity index (χ0v) is 12.6. The van der Waals surface area contributed by atoms with Crippen molar-refractivity contribution in [2.75, 3.05) is 0 Å². The Hall–Kier alpha value is -3.27. The molecule has 0 spiro atoms. The van der Waals surface area contributed by atoms with Gasteiger partial charge >= 0.3 is 5.97 Å². The fourth-order valence-electron chi connectivity index (χ4n) is 2.61. The Kier molecular flexibility index (Phi) is 3.43. The molecule has 0 radical (unpaired) electrons. The minimum Gasteiger partial charge on any atom is -0.402 e. The van der Waals surface area contributed by atoms with E-state index in [9.17, 15) is 9.18 Å². The smallest absolute Gasteiger partial charge is 0.363 e. The number of ether oxygens (including phenoxy) is 1. The van der Waals surface area contributed by atoms with Crippen molar-refractivity contribution in [2.24, 2.45) is 4.99 Å². The molecule has 1 aliphatic heterocycles. The minimum atomic E-state index is -0.539. The maximum atomic E-state index is 13.3. The van der Waals surface area contributed by atoms with E-state index < -0.39 is 11.8 Å². The first-order valence-corrected chi connectivity index (χ1v) is 7.46. The van der Waals surface area contributed by atoms with Gasteiger partial charge < -0.3 is 4.74 Å². The van der Waals surface area contributed by atoms with Crippen LogP contribution in [-0.4, -0.2) is 11.9 Å². The maximum Gasteiger partial charge on any atom is 0.363 e. The van der Waals surface area contributed by atoms with E-state index in [0.29, 0.717) is 5.56 Å². The number of rotatable bonds is 2. The van der Waals surface area contributed by atoms with E-state index in [1.807, 2.05) is 42.5 Å². The number of halogens is 1. The SMILES string of the molecule is O=C1OC(c2cccc(F)c2)=N/C1=C\c1ccc2ccccc2c1. The summed E-state index contributed by atoms with van der Waals surface area (Å²) in [5.41, 5.74) is 1.49. The van der Waals surface area contributed by atoms with Gasteiger partial charge in [0, 0.05) is 5.56 Å². The second kappa shape index (κ2) is 5.74. The summed E-state index contributed by atoms with van der Waals surface area (Å²) in [7, 11) is 0. The molecule has 0 fully saturated rings. The topological polar surface area (TPSA) is 38.7 Å². The molecule has 0 aromatic heterocycles. The van der Waals surface area contributed by atoms with Crippen LogP contribution in [-0.2, 0) is 9.53 Å². The Morgan fingerprint density at radius 3 is 2.58 bits per heavy atom. The lowest BCUT2D eigenvalue weighted by molar-refractivity contribution is -0.129. The summed E-state index contributed by atoms with van der Waals surface area (Å²) >= 11 is 0. The van der Waals surface area contributed by atoms with Crippen LogP contribution in [0.4, 0.5) is 4.39 Å². The Morgan fingerprint density at radius 1 is 0.917 bits per heavy atom. The molecule has 116 valence electrons. The molecule has 1 aliphatic rings. The summed E-state index contributed by atoms with van der Waals surface area (Å²) in [6, 6.07) is 19.6. The number of carbonyl (C=O) groups excluding carboxylic acids is 1. The van der Waals surface area contributed by atoms with E-state index >= 15 is 0 Å². The van der Waals surface area contributed by atoms with E-state index in [0.717, 1.165) is 16.3 Å². The van der Waals surface area contributed by atoms with E-state index in [4.69, 9.17) is 4.74 Å². The molecule has 0 saturated heterocycles. The molecule has 0 atom stereocenters. The van der Waals surface area contributed by atoms with Crippen molar-refractivity contribution in [3.05, 3.63) is 89.4 Å². The van der Waals surface area contributed by atoms with Gasteiger partial charge in [-0.1, -0.05) is 42.5 Å². The van der Waals surface area contributed by atoms with Crippen LogP contribution >= 0.6 is 0 Å². The van der Waals surface area contributed by atoms with E-state index in [2.05, 4.69) is 4.99 Å². The quantitative estimate of drug-likeness (QED) is 0.521. The molecule has 0 N–H and O–H groups in total. The van der Waals surface area contributed by atoms with Gasteiger partial charge in [0.25, 0.3) is 0 Å². The number of carbonyl (C=O) groups is 1. The van der Waals surface area contributed by atoms with E-state index in [1.54, 1.807) is 18.2 Å². The van der Waals surface area contributed by atoms with Crippen molar-refractivity contribution in [1.82, 2.24) is 0 Å². The summed E-state index contributed by atoms with van der Waals surface area (Å²) in [4.78, 5) is 16.2. The van der Waals surface area contributed by atoms with Crippen molar-refractivity contribution >= 4 is 28.7 Å². The van der Waals surface area contributed by atoms with E-state index in [1.165, 1.54) is 12.1 Å². The van der Waals surface area contributed by atoms with Crippen LogP contribution in [0.25, 0.3) is 16.8 Å². The first-order valence-electron chi connectivity index (χ1n) is 7.46.